The molecular weight excluding hydrogens is 404 g/mol. The zero-order valence-electron chi connectivity index (χ0n) is 17.4. The van der Waals surface area contributed by atoms with E-state index in [9.17, 15) is 14.4 Å². The van der Waals surface area contributed by atoms with Gasteiger partial charge >= 0.3 is 6.03 Å². The van der Waals surface area contributed by atoms with E-state index in [2.05, 4.69) is 5.32 Å². The van der Waals surface area contributed by atoms with Crippen LogP contribution in [0.25, 0.3) is 0 Å². The van der Waals surface area contributed by atoms with Crippen LogP contribution < -0.4 is 24.3 Å². The van der Waals surface area contributed by atoms with Crippen molar-refractivity contribution in [3.05, 3.63) is 47.5 Å². The predicted octanol–water partition coefficient (Wildman–Crippen LogP) is 2.17. The molecule has 0 aromatic heterocycles. The smallest absolute Gasteiger partial charge is 0.325 e. The fourth-order valence-corrected chi connectivity index (χ4v) is 3.71. The number of imide groups is 1. The molecule has 0 spiro atoms. The highest BCUT2D eigenvalue weighted by atomic mass is 16.7. The highest BCUT2D eigenvalue weighted by Gasteiger charge is 2.48. The molecule has 1 saturated heterocycles. The van der Waals surface area contributed by atoms with Gasteiger partial charge in [-0.05, 0) is 42.8 Å². The summed E-state index contributed by atoms with van der Waals surface area (Å²) in [6, 6.07) is 9.43. The zero-order valence-corrected chi connectivity index (χ0v) is 17.4. The SMILES string of the molecule is COc1ccc(C(=O)CN2C(=O)N[C@@](C)(Cc3ccc4c(c3)OCO4)C2=O)cc1OC. The number of ketones is 1. The van der Waals surface area contributed by atoms with Gasteiger partial charge in [-0.25, -0.2) is 4.79 Å². The third kappa shape index (κ3) is 3.74. The van der Waals surface area contributed by atoms with Crippen molar-refractivity contribution in [2.24, 2.45) is 0 Å². The van der Waals surface area contributed by atoms with E-state index in [0.29, 0.717) is 28.6 Å². The molecule has 3 amide bonds. The molecule has 9 nitrogen and oxygen atoms in total. The lowest BCUT2D eigenvalue weighted by Gasteiger charge is -2.22. The Morgan fingerprint density at radius 3 is 2.55 bits per heavy atom. The first kappa shape index (κ1) is 20.5. The Balaban J connectivity index is 1.49. The maximum absolute atomic E-state index is 13.1. The number of fused-ring (bicyclic) bond motifs is 1. The molecule has 9 heteroatoms. The second-order valence-electron chi connectivity index (χ2n) is 7.51. The van der Waals surface area contributed by atoms with Crippen LogP contribution in [0.4, 0.5) is 4.79 Å². The number of urea groups is 1. The van der Waals surface area contributed by atoms with Gasteiger partial charge in [0.2, 0.25) is 6.79 Å². The van der Waals surface area contributed by atoms with Gasteiger partial charge in [-0.15, -0.1) is 0 Å². The first-order valence-electron chi connectivity index (χ1n) is 9.62. The van der Waals surface area contributed by atoms with E-state index in [1.807, 2.05) is 6.07 Å². The Kier molecular flexibility index (Phi) is 5.18. The number of ether oxygens (including phenoxy) is 4. The second-order valence-corrected chi connectivity index (χ2v) is 7.51. The number of amides is 3. The topological polar surface area (TPSA) is 103 Å². The van der Waals surface area contributed by atoms with Crippen molar-refractivity contribution < 1.29 is 33.3 Å². The maximum atomic E-state index is 13.1. The van der Waals surface area contributed by atoms with E-state index in [0.717, 1.165) is 10.5 Å². The van der Waals surface area contributed by atoms with Gasteiger partial charge in [-0.2, -0.15) is 0 Å². The third-order valence-corrected chi connectivity index (χ3v) is 5.35. The van der Waals surface area contributed by atoms with Crippen LogP contribution in [-0.4, -0.2) is 55.7 Å². The molecule has 162 valence electrons. The maximum Gasteiger partial charge on any atom is 0.325 e. The fraction of sp³-hybridized carbons (Fsp3) is 0.318. The van der Waals surface area contributed by atoms with E-state index in [4.69, 9.17) is 18.9 Å². The largest absolute Gasteiger partial charge is 0.493 e. The molecule has 31 heavy (non-hydrogen) atoms. The number of carbonyl (C=O) groups excluding carboxylic acids is 3. The summed E-state index contributed by atoms with van der Waals surface area (Å²) in [7, 11) is 2.96. The van der Waals surface area contributed by atoms with Crippen LogP contribution in [0.2, 0.25) is 0 Å². The molecule has 4 rings (SSSR count). The van der Waals surface area contributed by atoms with E-state index in [1.54, 1.807) is 31.2 Å². The van der Waals surface area contributed by atoms with E-state index in [-0.39, 0.29) is 19.8 Å². The predicted molar refractivity (Wildman–Crippen MR) is 109 cm³/mol. The van der Waals surface area contributed by atoms with Crippen molar-refractivity contribution in [1.82, 2.24) is 10.2 Å². The van der Waals surface area contributed by atoms with Crippen molar-refractivity contribution in [2.75, 3.05) is 27.6 Å². The highest BCUT2D eigenvalue weighted by Crippen LogP contribution is 2.34. The van der Waals surface area contributed by atoms with Gasteiger partial charge in [0.25, 0.3) is 5.91 Å². The Morgan fingerprint density at radius 2 is 1.81 bits per heavy atom. The van der Waals surface area contributed by atoms with Crippen LogP contribution in [0.5, 0.6) is 23.0 Å². The molecule has 2 heterocycles. The Morgan fingerprint density at radius 1 is 1.06 bits per heavy atom. The van der Waals surface area contributed by atoms with Gasteiger partial charge in [0, 0.05) is 12.0 Å². The molecule has 1 N–H and O–H groups in total. The molecule has 0 saturated carbocycles. The summed E-state index contributed by atoms with van der Waals surface area (Å²) in [6.45, 7) is 1.41. The van der Waals surface area contributed by atoms with Gasteiger partial charge < -0.3 is 24.3 Å². The molecule has 0 radical (unpaired) electrons. The van der Waals surface area contributed by atoms with Crippen molar-refractivity contribution in [3.8, 4) is 23.0 Å². The van der Waals surface area contributed by atoms with Crippen LogP contribution >= 0.6 is 0 Å². The standard InChI is InChI=1S/C22H22N2O7/c1-22(10-13-4-6-17-19(8-13)31-12-30-17)20(26)24(21(27)23-22)11-15(25)14-5-7-16(28-2)18(9-14)29-3/h4-9H,10-12H2,1-3H3,(H,23,27)/t22-/m0/s1. The summed E-state index contributed by atoms with van der Waals surface area (Å²) in [4.78, 5) is 39.3. The highest BCUT2D eigenvalue weighted by molar-refractivity contribution is 6.11. The number of hydrogen-bond donors (Lipinski definition) is 1. The van der Waals surface area contributed by atoms with Gasteiger partial charge in [0.05, 0.1) is 20.8 Å². The van der Waals surface area contributed by atoms with Crippen LogP contribution in [0.1, 0.15) is 22.8 Å². The lowest BCUT2D eigenvalue weighted by atomic mass is 9.92. The van der Waals surface area contributed by atoms with Crippen molar-refractivity contribution in [3.63, 3.8) is 0 Å². The van der Waals surface area contributed by atoms with Crippen LogP contribution in [0.3, 0.4) is 0 Å². The molecule has 2 aliphatic rings. The van der Waals surface area contributed by atoms with Crippen molar-refractivity contribution in [2.45, 2.75) is 18.9 Å². The molecular formula is C22H22N2O7. The van der Waals surface area contributed by atoms with Crippen LogP contribution in [0, 0.1) is 0 Å². The molecule has 2 aromatic rings. The summed E-state index contributed by atoms with van der Waals surface area (Å²) >= 11 is 0. The average molecular weight is 426 g/mol. The Labute approximate surface area is 178 Å². The Hall–Kier alpha value is -3.75. The normalized spacial score (nSPS) is 19.4. The van der Waals surface area contributed by atoms with Gasteiger partial charge in [0.1, 0.15) is 5.54 Å². The number of methoxy groups -OCH3 is 2. The van der Waals surface area contributed by atoms with Gasteiger partial charge in [-0.3, -0.25) is 14.5 Å². The average Bonchev–Trinajstić information content (AvgIpc) is 3.31. The minimum Gasteiger partial charge on any atom is -0.493 e. The monoisotopic (exact) mass is 426 g/mol. The van der Waals surface area contributed by atoms with Crippen LogP contribution in [0.15, 0.2) is 36.4 Å². The number of carbonyl (C=O) groups is 3. The summed E-state index contributed by atoms with van der Waals surface area (Å²) in [5, 5.41) is 2.71. The molecule has 1 atom stereocenters. The summed E-state index contributed by atoms with van der Waals surface area (Å²) in [5.41, 5.74) is -0.0704. The summed E-state index contributed by atoms with van der Waals surface area (Å²) in [5.74, 6) is 1.24. The first-order valence-corrected chi connectivity index (χ1v) is 9.62. The van der Waals surface area contributed by atoms with Crippen molar-refractivity contribution in [1.29, 1.82) is 0 Å². The minimum absolute atomic E-state index is 0.151. The molecule has 0 aliphatic carbocycles. The lowest BCUT2D eigenvalue weighted by Crippen LogP contribution is -2.46. The third-order valence-electron chi connectivity index (χ3n) is 5.35. The zero-order chi connectivity index (χ0) is 22.2. The van der Waals surface area contributed by atoms with Crippen molar-refractivity contribution >= 4 is 17.7 Å². The lowest BCUT2D eigenvalue weighted by molar-refractivity contribution is -0.130. The number of nitrogens with zero attached hydrogens (tertiary/aromatic N) is 1. The van der Waals surface area contributed by atoms with Gasteiger partial charge in [0.15, 0.2) is 28.8 Å². The number of nitrogens with one attached hydrogen (secondary N) is 1. The van der Waals surface area contributed by atoms with E-state index < -0.39 is 23.3 Å². The van der Waals surface area contributed by atoms with E-state index >= 15 is 0 Å². The molecule has 2 aromatic carbocycles. The van der Waals surface area contributed by atoms with Crippen LogP contribution in [-0.2, 0) is 11.2 Å². The number of rotatable bonds is 7. The van der Waals surface area contributed by atoms with Gasteiger partial charge in [-0.1, -0.05) is 6.07 Å². The quantitative estimate of drug-likeness (QED) is 0.535. The minimum atomic E-state index is -1.18. The number of hydrogen-bond acceptors (Lipinski definition) is 7. The second kappa shape index (κ2) is 7.82. The number of Topliss-reactive ketones (excluding diaryl/α,β-unsaturated/α-hetero) is 1. The Bertz CT molecular complexity index is 1070. The molecule has 1 fully saturated rings. The van der Waals surface area contributed by atoms with E-state index in [1.165, 1.54) is 20.3 Å². The summed E-state index contributed by atoms with van der Waals surface area (Å²) < 4.78 is 21.1. The molecule has 0 unspecified atom stereocenters. The fourth-order valence-electron chi connectivity index (χ4n) is 3.71. The molecule has 0 bridgehead atoms. The number of benzene rings is 2. The first-order chi connectivity index (χ1) is 14.8. The molecule has 2 aliphatic heterocycles. The summed E-state index contributed by atoms with van der Waals surface area (Å²) in [6.07, 6.45) is 0.245.